The number of rotatable bonds is 5. The molecule has 27 heavy (non-hydrogen) atoms. The number of aromatic nitrogens is 4. The minimum absolute atomic E-state index is 0.100. The molecule has 1 aromatic carbocycles. The van der Waals surface area contributed by atoms with E-state index in [0.29, 0.717) is 18.0 Å². The Morgan fingerprint density at radius 2 is 2.15 bits per heavy atom. The maximum atomic E-state index is 12.5. The summed E-state index contributed by atoms with van der Waals surface area (Å²) >= 11 is 0. The zero-order valence-corrected chi connectivity index (χ0v) is 16.1. The highest BCUT2D eigenvalue weighted by Crippen LogP contribution is 2.16. The number of aryl methyl sites for hydroxylation is 1. The fraction of sp³-hybridized carbons (Fsp3) is 0.450. The standard InChI is InChI=1S/C20H26N6O/c1-13(2)11-25-6-7-26-17(12-25)9-16(24-26)10-21-20(27)15-4-5-18-19(8-15)23-14(3)22-18/h4-5,8-9,13H,6-7,10-12H2,1-3H3,(H,21,27)(H,22,23). The molecular formula is C20H26N6O. The monoisotopic (exact) mass is 366 g/mol. The van der Waals surface area contributed by atoms with Crippen molar-refractivity contribution in [3.63, 3.8) is 0 Å². The van der Waals surface area contributed by atoms with Crippen LogP contribution in [-0.4, -0.2) is 43.6 Å². The van der Waals surface area contributed by atoms with E-state index in [2.05, 4.69) is 49.9 Å². The third kappa shape index (κ3) is 3.88. The lowest BCUT2D eigenvalue weighted by Gasteiger charge is -2.28. The lowest BCUT2D eigenvalue weighted by molar-refractivity contribution is 0.0950. The minimum Gasteiger partial charge on any atom is -0.346 e. The van der Waals surface area contributed by atoms with E-state index in [1.54, 1.807) is 6.07 Å². The predicted molar refractivity (Wildman–Crippen MR) is 104 cm³/mol. The van der Waals surface area contributed by atoms with Gasteiger partial charge in [0, 0.05) is 25.2 Å². The van der Waals surface area contributed by atoms with Gasteiger partial charge in [0.2, 0.25) is 0 Å². The Morgan fingerprint density at radius 1 is 1.30 bits per heavy atom. The van der Waals surface area contributed by atoms with Gasteiger partial charge < -0.3 is 10.3 Å². The van der Waals surface area contributed by atoms with E-state index in [4.69, 9.17) is 0 Å². The zero-order chi connectivity index (χ0) is 19.0. The number of hydrogen-bond donors (Lipinski definition) is 2. The van der Waals surface area contributed by atoms with Crippen molar-refractivity contribution in [2.75, 3.05) is 13.1 Å². The van der Waals surface area contributed by atoms with E-state index in [-0.39, 0.29) is 5.91 Å². The molecule has 4 rings (SSSR count). The van der Waals surface area contributed by atoms with Crippen molar-refractivity contribution < 1.29 is 4.79 Å². The van der Waals surface area contributed by atoms with Crippen LogP contribution in [0, 0.1) is 12.8 Å². The molecule has 0 atom stereocenters. The van der Waals surface area contributed by atoms with Crippen molar-refractivity contribution in [3.8, 4) is 0 Å². The summed E-state index contributed by atoms with van der Waals surface area (Å²) in [5.41, 5.74) is 4.50. The number of fused-ring (bicyclic) bond motifs is 2. The molecule has 0 saturated heterocycles. The Hall–Kier alpha value is -2.67. The zero-order valence-electron chi connectivity index (χ0n) is 16.1. The average Bonchev–Trinajstić information content (AvgIpc) is 3.19. The lowest BCUT2D eigenvalue weighted by Crippen LogP contribution is -2.36. The van der Waals surface area contributed by atoms with Gasteiger partial charge in [-0.1, -0.05) is 13.8 Å². The van der Waals surface area contributed by atoms with E-state index < -0.39 is 0 Å². The molecule has 0 bridgehead atoms. The Bertz CT molecular complexity index is 970. The fourth-order valence-corrected chi connectivity index (χ4v) is 3.69. The summed E-state index contributed by atoms with van der Waals surface area (Å²) in [5.74, 6) is 1.41. The second kappa shape index (κ2) is 7.15. The van der Waals surface area contributed by atoms with Gasteiger partial charge >= 0.3 is 0 Å². The largest absolute Gasteiger partial charge is 0.346 e. The second-order valence-electron chi connectivity index (χ2n) is 7.72. The molecule has 0 unspecified atom stereocenters. The van der Waals surface area contributed by atoms with Crippen molar-refractivity contribution in [3.05, 3.63) is 47.0 Å². The van der Waals surface area contributed by atoms with Crippen LogP contribution in [0.2, 0.25) is 0 Å². The molecule has 142 valence electrons. The number of hydrogen-bond acceptors (Lipinski definition) is 4. The van der Waals surface area contributed by atoms with Gasteiger partial charge in [-0.3, -0.25) is 14.4 Å². The number of amides is 1. The summed E-state index contributed by atoms with van der Waals surface area (Å²) in [4.78, 5) is 22.5. The number of imidazole rings is 1. The third-order valence-corrected chi connectivity index (χ3v) is 4.84. The van der Waals surface area contributed by atoms with Gasteiger partial charge in [0.05, 0.1) is 35.5 Å². The molecule has 0 fully saturated rings. The van der Waals surface area contributed by atoms with Gasteiger partial charge in [-0.2, -0.15) is 5.10 Å². The molecule has 2 aromatic heterocycles. The number of aromatic amines is 1. The lowest BCUT2D eigenvalue weighted by atomic mass is 10.2. The molecule has 0 spiro atoms. The van der Waals surface area contributed by atoms with Crippen LogP contribution in [0.3, 0.4) is 0 Å². The summed E-state index contributed by atoms with van der Waals surface area (Å²) in [6, 6.07) is 7.62. The van der Waals surface area contributed by atoms with E-state index in [0.717, 1.165) is 48.7 Å². The average molecular weight is 366 g/mol. The molecule has 0 saturated carbocycles. The van der Waals surface area contributed by atoms with Crippen LogP contribution >= 0.6 is 0 Å². The maximum Gasteiger partial charge on any atom is 0.251 e. The second-order valence-corrected chi connectivity index (χ2v) is 7.72. The van der Waals surface area contributed by atoms with E-state index >= 15 is 0 Å². The van der Waals surface area contributed by atoms with Crippen molar-refractivity contribution in [2.45, 2.75) is 40.4 Å². The van der Waals surface area contributed by atoms with Gasteiger partial charge in [0.25, 0.3) is 5.91 Å². The first-order valence-corrected chi connectivity index (χ1v) is 9.50. The summed E-state index contributed by atoms with van der Waals surface area (Å²) < 4.78 is 2.07. The van der Waals surface area contributed by atoms with Gasteiger partial charge in [-0.25, -0.2) is 4.98 Å². The maximum absolute atomic E-state index is 12.5. The van der Waals surface area contributed by atoms with Crippen LogP contribution < -0.4 is 5.32 Å². The Kier molecular flexibility index (Phi) is 4.70. The highest BCUT2D eigenvalue weighted by Gasteiger charge is 2.19. The third-order valence-electron chi connectivity index (χ3n) is 4.84. The van der Waals surface area contributed by atoms with Gasteiger partial charge in [0.15, 0.2) is 0 Å². The van der Waals surface area contributed by atoms with Crippen molar-refractivity contribution >= 4 is 16.9 Å². The quantitative estimate of drug-likeness (QED) is 0.727. The summed E-state index contributed by atoms with van der Waals surface area (Å²) in [6.45, 7) is 10.8. The molecule has 7 heteroatoms. The van der Waals surface area contributed by atoms with E-state index in [1.165, 1.54) is 5.69 Å². The summed E-state index contributed by atoms with van der Waals surface area (Å²) in [7, 11) is 0. The first kappa shape index (κ1) is 17.7. The van der Waals surface area contributed by atoms with E-state index in [1.807, 2.05) is 19.1 Å². The first-order chi connectivity index (χ1) is 13.0. The first-order valence-electron chi connectivity index (χ1n) is 9.50. The van der Waals surface area contributed by atoms with Crippen molar-refractivity contribution in [1.29, 1.82) is 0 Å². The Morgan fingerprint density at radius 3 is 2.96 bits per heavy atom. The molecule has 1 aliphatic rings. The van der Waals surface area contributed by atoms with Crippen LogP contribution in [-0.2, 0) is 19.6 Å². The number of nitrogens with one attached hydrogen (secondary N) is 2. The minimum atomic E-state index is -0.100. The number of H-pyrrole nitrogens is 1. The molecule has 1 amide bonds. The smallest absolute Gasteiger partial charge is 0.251 e. The highest BCUT2D eigenvalue weighted by molar-refractivity contribution is 5.97. The van der Waals surface area contributed by atoms with E-state index in [9.17, 15) is 4.79 Å². The summed E-state index contributed by atoms with van der Waals surface area (Å²) in [6.07, 6.45) is 0. The number of benzene rings is 1. The number of nitrogens with zero attached hydrogens (tertiary/aromatic N) is 4. The molecule has 7 nitrogen and oxygen atoms in total. The predicted octanol–water partition coefficient (Wildman–Crippen LogP) is 2.47. The Labute approximate surface area is 158 Å². The van der Waals surface area contributed by atoms with Gasteiger partial charge in [0.1, 0.15) is 5.82 Å². The molecular weight excluding hydrogens is 340 g/mol. The summed E-state index contributed by atoms with van der Waals surface area (Å²) in [5, 5.41) is 7.62. The molecule has 0 aliphatic carbocycles. The van der Waals surface area contributed by atoms with Crippen LogP contribution in [0.5, 0.6) is 0 Å². The molecule has 3 aromatic rings. The topological polar surface area (TPSA) is 78.8 Å². The normalized spacial score (nSPS) is 14.7. The van der Waals surface area contributed by atoms with Crippen LogP contribution in [0.1, 0.15) is 41.4 Å². The van der Waals surface area contributed by atoms with Crippen LogP contribution in [0.4, 0.5) is 0 Å². The Balaban J connectivity index is 1.40. The van der Waals surface area contributed by atoms with Crippen LogP contribution in [0.15, 0.2) is 24.3 Å². The van der Waals surface area contributed by atoms with Crippen LogP contribution in [0.25, 0.3) is 11.0 Å². The number of carbonyl (C=O) groups is 1. The SMILES string of the molecule is Cc1nc2ccc(C(=O)NCc3cc4n(n3)CCN(CC(C)C)C4)cc2[nH]1. The fourth-order valence-electron chi connectivity index (χ4n) is 3.69. The molecule has 3 heterocycles. The highest BCUT2D eigenvalue weighted by atomic mass is 16.1. The molecule has 0 radical (unpaired) electrons. The molecule has 1 aliphatic heterocycles. The van der Waals surface area contributed by atoms with Gasteiger partial charge in [-0.05, 0) is 37.1 Å². The van der Waals surface area contributed by atoms with Crippen molar-refractivity contribution in [2.24, 2.45) is 5.92 Å². The number of carbonyl (C=O) groups excluding carboxylic acids is 1. The van der Waals surface area contributed by atoms with Gasteiger partial charge in [-0.15, -0.1) is 0 Å². The van der Waals surface area contributed by atoms with Crippen molar-refractivity contribution in [1.82, 2.24) is 30.0 Å². The molecule has 2 N–H and O–H groups in total.